The highest BCUT2D eigenvalue weighted by Gasteiger charge is 2.05. The second-order valence-electron chi connectivity index (χ2n) is 3.22. The molecule has 0 radical (unpaired) electrons. The summed E-state index contributed by atoms with van der Waals surface area (Å²) in [7, 11) is 0. The number of hydrogen-bond donors (Lipinski definition) is 3. The lowest BCUT2D eigenvalue weighted by Gasteiger charge is -2.04. The fourth-order valence-corrected chi connectivity index (χ4v) is 1.85. The molecule has 5 N–H and O–H groups in total. The van der Waals surface area contributed by atoms with Crippen LogP contribution < -0.4 is 16.8 Å². The Bertz CT molecular complexity index is 421. The van der Waals surface area contributed by atoms with Crippen LogP contribution in [0.15, 0.2) is 23.1 Å². The maximum atomic E-state index is 11.1. The van der Waals surface area contributed by atoms with E-state index in [-0.39, 0.29) is 5.75 Å². The van der Waals surface area contributed by atoms with E-state index in [1.54, 1.807) is 6.07 Å². The lowest BCUT2D eigenvalue weighted by Crippen LogP contribution is -2.36. The zero-order valence-corrected chi connectivity index (χ0v) is 9.64. The molecule has 0 saturated carbocycles. The summed E-state index contributed by atoms with van der Waals surface area (Å²) in [4.78, 5) is 22.4. The molecule has 1 aromatic carbocycles. The van der Waals surface area contributed by atoms with E-state index in [4.69, 9.17) is 11.5 Å². The highest BCUT2D eigenvalue weighted by molar-refractivity contribution is 8.00. The number of hydrogen-bond acceptors (Lipinski definition) is 4. The van der Waals surface area contributed by atoms with Crippen LogP contribution >= 0.6 is 11.8 Å². The number of urea groups is 1. The lowest BCUT2D eigenvalue weighted by molar-refractivity contribution is -0.117. The zero-order chi connectivity index (χ0) is 12.1. The van der Waals surface area contributed by atoms with Crippen molar-refractivity contribution in [2.45, 2.75) is 11.8 Å². The first-order chi connectivity index (χ1) is 7.49. The van der Waals surface area contributed by atoms with Gasteiger partial charge in [0.05, 0.1) is 5.75 Å². The Morgan fingerprint density at radius 3 is 2.69 bits per heavy atom. The number of amides is 3. The van der Waals surface area contributed by atoms with E-state index in [0.717, 1.165) is 10.5 Å². The monoisotopic (exact) mass is 239 g/mol. The Labute approximate surface area is 97.6 Å². The summed E-state index contributed by atoms with van der Waals surface area (Å²) in [5, 5.41) is 1.99. The number of carbonyl (C=O) groups is 2. The van der Waals surface area contributed by atoms with Crippen molar-refractivity contribution in [3.05, 3.63) is 23.8 Å². The standard InChI is InChI=1S/C10H13N3O2S/c1-6-4-7(2-3-8(6)11)16-5-9(14)13-10(12)15/h2-4H,5,11H2,1H3,(H3,12,13,14,15). The van der Waals surface area contributed by atoms with Crippen molar-refractivity contribution >= 4 is 29.4 Å². The van der Waals surface area contributed by atoms with Crippen molar-refractivity contribution in [1.29, 1.82) is 0 Å². The zero-order valence-electron chi connectivity index (χ0n) is 8.82. The van der Waals surface area contributed by atoms with Crippen molar-refractivity contribution in [1.82, 2.24) is 5.32 Å². The minimum atomic E-state index is -0.834. The molecule has 6 heteroatoms. The average Bonchev–Trinajstić information content (AvgIpc) is 2.19. The molecule has 86 valence electrons. The summed E-state index contributed by atoms with van der Waals surface area (Å²) < 4.78 is 0. The molecule has 0 aliphatic rings. The van der Waals surface area contributed by atoms with Gasteiger partial charge in [-0.05, 0) is 30.7 Å². The number of nitrogens with one attached hydrogen (secondary N) is 1. The molecule has 0 spiro atoms. The number of nitrogens with two attached hydrogens (primary N) is 2. The highest BCUT2D eigenvalue weighted by atomic mass is 32.2. The van der Waals surface area contributed by atoms with Gasteiger partial charge < -0.3 is 11.5 Å². The molecule has 5 nitrogen and oxygen atoms in total. The Morgan fingerprint density at radius 1 is 1.44 bits per heavy atom. The van der Waals surface area contributed by atoms with Gasteiger partial charge >= 0.3 is 6.03 Å². The van der Waals surface area contributed by atoms with Crippen LogP contribution in [0.25, 0.3) is 0 Å². The molecule has 0 bridgehead atoms. The summed E-state index contributed by atoms with van der Waals surface area (Å²) in [5.41, 5.74) is 12.1. The van der Waals surface area contributed by atoms with Gasteiger partial charge in [0.2, 0.25) is 5.91 Å². The normalized spacial score (nSPS) is 9.81. The maximum absolute atomic E-state index is 11.1. The average molecular weight is 239 g/mol. The topological polar surface area (TPSA) is 98.2 Å². The molecule has 1 rings (SSSR count). The Morgan fingerprint density at radius 2 is 2.12 bits per heavy atom. The van der Waals surface area contributed by atoms with Gasteiger partial charge in [-0.25, -0.2) is 4.79 Å². The van der Waals surface area contributed by atoms with E-state index in [1.807, 2.05) is 24.4 Å². The predicted molar refractivity (Wildman–Crippen MR) is 64.0 cm³/mol. The van der Waals surface area contributed by atoms with Crippen LogP contribution in [0.5, 0.6) is 0 Å². The SMILES string of the molecule is Cc1cc(SCC(=O)NC(N)=O)ccc1N. The molecule has 3 amide bonds. The number of aryl methyl sites for hydroxylation is 1. The second-order valence-corrected chi connectivity index (χ2v) is 4.27. The van der Waals surface area contributed by atoms with Crippen LogP contribution in [-0.2, 0) is 4.79 Å². The summed E-state index contributed by atoms with van der Waals surface area (Å²) in [5.74, 6) is -0.265. The molecular weight excluding hydrogens is 226 g/mol. The Hall–Kier alpha value is -1.69. The van der Waals surface area contributed by atoms with Crippen LogP contribution in [0.2, 0.25) is 0 Å². The van der Waals surface area contributed by atoms with E-state index in [2.05, 4.69) is 0 Å². The van der Waals surface area contributed by atoms with Gasteiger partial charge in [-0.3, -0.25) is 10.1 Å². The number of carbonyl (C=O) groups excluding carboxylic acids is 2. The first kappa shape index (κ1) is 12.4. The number of nitrogen functional groups attached to an aromatic ring is 1. The third kappa shape index (κ3) is 3.82. The molecule has 16 heavy (non-hydrogen) atoms. The quantitative estimate of drug-likeness (QED) is 0.538. The second kappa shape index (κ2) is 5.41. The van der Waals surface area contributed by atoms with E-state index in [9.17, 15) is 9.59 Å². The fourth-order valence-electron chi connectivity index (χ4n) is 1.06. The van der Waals surface area contributed by atoms with Crippen molar-refractivity contribution in [2.75, 3.05) is 11.5 Å². The van der Waals surface area contributed by atoms with Crippen LogP contribution in [0.1, 0.15) is 5.56 Å². The third-order valence-corrected chi connectivity index (χ3v) is 2.87. The van der Waals surface area contributed by atoms with Crippen LogP contribution in [0, 0.1) is 6.92 Å². The van der Waals surface area contributed by atoms with Crippen molar-refractivity contribution in [2.24, 2.45) is 5.73 Å². The lowest BCUT2D eigenvalue weighted by atomic mass is 10.2. The maximum Gasteiger partial charge on any atom is 0.318 e. The van der Waals surface area contributed by atoms with Crippen LogP contribution in [0.4, 0.5) is 10.5 Å². The molecule has 0 aliphatic carbocycles. The van der Waals surface area contributed by atoms with Gasteiger partial charge in [-0.15, -0.1) is 11.8 Å². The Kier molecular flexibility index (Phi) is 4.19. The number of thioether (sulfide) groups is 1. The van der Waals surface area contributed by atoms with E-state index >= 15 is 0 Å². The van der Waals surface area contributed by atoms with Gasteiger partial charge in [-0.2, -0.15) is 0 Å². The smallest absolute Gasteiger partial charge is 0.318 e. The number of imide groups is 1. The number of benzene rings is 1. The molecule has 0 atom stereocenters. The molecule has 0 aliphatic heterocycles. The highest BCUT2D eigenvalue weighted by Crippen LogP contribution is 2.21. The summed E-state index contributed by atoms with van der Waals surface area (Å²) in [6.45, 7) is 1.89. The minimum absolute atomic E-state index is 0.145. The minimum Gasteiger partial charge on any atom is -0.399 e. The van der Waals surface area contributed by atoms with Crippen molar-refractivity contribution < 1.29 is 9.59 Å². The third-order valence-electron chi connectivity index (χ3n) is 1.87. The van der Waals surface area contributed by atoms with Gasteiger partial charge in [0.1, 0.15) is 0 Å². The van der Waals surface area contributed by atoms with Crippen molar-refractivity contribution in [3.63, 3.8) is 0 Å². The predicted octanol–water partition coefficient (Wildman–Crippen LogP) is 0.864. The van der Waals surface area contributed by atoms with Crippen LogP contribution in [0.3, 0.4) is 0 Å². The number of primary amides is 1. The van der Waals surface area contributed by atoms with Gasteiger partial charge in [0.15, 0.2) is 0 Å². The molecule has 1 aromatic rings. The number of anilines is 1. The molecule has 0 aromatic heterocycles. The molecule has 0 saturated heterocycles. The Balaban J connectivity index is 2.51. The van der Waals surface area contributed by atoms with E-state index in [1.165, 1.54) is 11.8 Å². The molecule has 0 unspecified atom stereocenters. The summed E-state index contributed by atoms with van der Waals surface area (Å²) in [6.07, 6.45) is 0. The first-order valence-corrected chi connectivity index (χ1v) is 5.56. The summed E-state index contributed by atoms with van der Waals surface area (Å²) in [6, 6.07) is 4.66. The summed E-state index contributed by atoms with van der Waals surface area (Å²) >= 11 is 1.32. The van der Waals surface area contributed by atoms with Gasteiger partial charge in [0.25, 0.3) is 0 Å². The van der Waals surface area contributed by atoms with E-state index < -0.39 is 11.9 Å². The van der Waals surface area contributed by atoms with Gasteiger partial charge in [0, 0.05) is 10.6 Å². The van der Waals surface area contributed by atoms with Gasteiger partial charge in [-0.1, -0.05) is 0 Å². The molecule has 0 heterocycles. The molecular formula is C10H13N3O2S. The largest absolute Gasteiger partial charge is 0.399 e. The number of rotatable bonds is 3. The molecule has 0 fully saturated rings. The fraction of sp³-hybridized carbons (Fsp3) is 0.200. The first-order valence-electron chi connectivity index (χ1n) is 4.57. The van der Waals surface area contributed by atoms with E-state index in [0.29, 0.717) is 5.69 Å². The van der Waals surface area contributed by atoms with Crippen molar-refractivity contribution in [3.8, 4) is 0 Å². The van der Waals surface area contributed by atoms with Crippen LogP contribution in [-0.4, -0.2) is 17.7 Å².